The van der Waals surface area contributed by atoms with E-state index in [2.05, 4.69) is 25.2 Å². The van der Waals surface area contributed by atoms with E-state index in [0.717, 1.165) is 37.3 Å². The molecular formula is C13H23NO2. The van der Waals surface area contributed by atoms with Crippen molar-refractivity contribution in [3.8, 4) is 0 Å². The molecule has 3 heteroatoms. The number of furan rings is 1. The highest BCUT2D eigenvalue weighted by atomic mass is 16.5. The van der Waals surface area contributed by atoms with Crippen LogP contribution in [0.2, 0.25) is 0 Å². The Balaban J connectivity index is 2.59. The standard InChI is InChI=1S/C13H23NO2/c1-4-6-12(14-9-5-2)13-8-7-11(16-13)10-15-3/h7-8,12,14H,4-6,9-10H2,1-3H3. The molecule has 16 heavy (non-hydrogen) atoms. The van der Waals surface area contributed by atoms with Gasteiger partial charge >= 0.3 is 0 Å². The van der Waals surface area contributed by atoms with E-state index in [1.165, 1.54) is 0 Å². The number of hydrogen-bond acceptors (Lipinski definition) is 3. The van der Waals surface area contributed by atoms with E-state index in [0.29, 0.717) is 12.6 Å². The van der Waals surface area contributed by atoms with E-state index in [1.54, 1.807) is 7.11 Å². The third kappa shape index (κ3) is 3.99. The fraction of sp³-hybridized carbons (Fsp3) is 0.692. The van der Waals surface area contributed by atoms with Crippen LogP contribution in [0.1, 0.15) is 50.7 Å². The molecule has 1 unspecified atom stereocenters. The monoisotopic (exact) mass is 225 g/mol. The van der Waals surface area contributed by atoms with Gasteiger partial charge < -0.3 is 14.5 Å². The van der Waals surface area contributed by atoms with Crippen molar-refractivity contribution >= 4 is 0 Å². The zero-order valence-corrected chi connectivity index (χ0v) is 10.6. The Kier molecular flexibility index (Phi) is 6.19. The summed E-state index contributed by atoms with van der Waals surface area (Å²) in [6.07, 6.45) is 3.41. The molecule has 0 aliphatic carbocycles. The second kappa shape index (κ2) is 7.47. The van der Waals surface area contributed by atoms with E-state index < -0.39 is 0 Å². The molecular weight excluding hydrogens is 202 g/mol. The predicted molar refractivity (Wildman–Crippen MR) is 65.4 cm³/mol. The summed E-state index contributed by atoms with van der Waals surface area (Å²) >= 11 is 0. The lowest BCUT2D eigenvalue weighted by molar-refractivity contribution is 0.161. The van der Waals surface area contributed by atoms with Crippen molar-refractivity contribution in [3.05, 3.63) is 23.7 Å². The van der Waals surface area contributed by atoms with Gasteiger partial charge in [0.25, 0.3) is 0 Å². The fourth-order valence-electron chi connectivity index (χ4n) is 1.75. The largest absolute Gasteiger partial charge is 0.462 e. The summed E-state index contributed by atoms with van der Waals surface area (Å²) in [5.41, 5.74) is 0. The Morgan fingerprint density at radius 3 is 2.75 bits per heavy atom. The number of ether oxygens (including phenoxy) is 1. The van der Waals surface area contributed by atoms with Crippen molar-refractivity contribution < 1.29 is 9.15 Å². The Hall–Kier alpha value is -0.800. The molecule has 0 fully saturated rings. The minimum absolute atomic E-state index is 0.343. The van der Waals surface area contributed by atoms with Gasteiger partial charge in [-0.15, -0.1) is 0 Å². The molecule has 0 spiro atoms. The molecule has 0 aromatic carbocycles. The van der Waals surface area contributed by atoms with E-state index in [-0.39, 0.29) is 0 Å². The van der Waals surface area contributed by atoms with E-state index in [9.17, 15) is 0 Å². The van der Waals surface area contributed by atoms with Crippen LogP contribution in [0.15, 0.2) is 16.5 Å². The van der Waals surface area contributed by atoms with Crippen molar-refractivity contribution in [1.82, 2.24) is 5.32 Å². The summed E-state index contributed by atoms with van der Waals surface area (Å²) in [5, 5.41) is 3.51. The summed E-state index contributed by atoms with van der Waals surface area (Å²) in [5.74, 6) is 1.93. The first-order valence-electron chi connectivity index (χ1n) is 6.12. The molecule has 1 aromatic rings. The Morgan fingerprint density at radius 1 is 1.31 bits per heavy atom. The van der Waals surface area contributed by atoms with Crippen LogP contribution in [0.5, 0.6) is 0 Å². The van der Waals surface area contributed by atoms with Crippen molar-refractivity contribution in [2.75, 3.05) is 13.7 Å². The molecule has 1 heterocycles. The van der Waals surface area contributed by atoms with Crippen LogP contribution < -0.4 is 5.32 Å². The SMILES string of the molecule is CCCNC(CCC)c1ccc(COC)o1. The summed E-state index contributed by atoms with van der Waals surface area (Å²) < 4.78 is 10.8. The molecule has 0 saturated carbocycles. The molecule has 0 aliphatic heterocycles. The van der Waals surface area contributed by atoms with E-state index in [4.69, 9.17) is 9.15 Å². The summed E-state index contributed by atoms with van der Waals surface area (Å²) in [6.45, 7) is 5.95. The van der Waals surface area contributed by atoms with Crippen molar-refractivity contribution in [3.63, 3.8) is 0 Å². The van der Waals surface area contributed by atoms with Crippen LogP contribution in [0, 0.1) is 0 Å². The van der Waals surface area contributed by atoms with Crippen LogP contribution in [0.3, 0.4) is 0 Å². The molecule has 1 rings (SSSR count). The smallest absolute Gasteiger partial charge is 0.129 e. The minimum atomic E-state index is 0.343. The molecule has 1 aromatic heterocycles. The van der Waals surface area contributed by atoms with Crippen molar-refractivity contribution in [1.29, 1.82) is 0 Å². The van der Waals surface area contributed by atoms with Crippen LogP contribution in [-0.4, -0.2) is 13.7 Å². The molecule has 92 valence electrons. The maximum Gasteiger partial charge on any atom is 0.129 e. The maximum absolute atomic E-state index is 5.75. The molecule has 0 saturated heterocycles. The van der Waals surface area contributed by atoms with Gasteiger partial charge in [0.05, 0.1) is 6.04 Å². The molecule has 0 radical (unpaired) electrons. The maximum atomic E-state index is 5.75. The van der Waals surface area contributed by atoms with Crippen molar-refractivity contribution in [2.24, 2.45) is 0 Å². The molecule has 1 N–H and O–H groups in total. The van der Waals surface area contributed by atoms with E-state index in [1.807, 2.05) is 6.07 Å². The lowest BCUT2D eigenvalue weighted by atomic mass is 10.1. The average molecular weight is 225 g/mol. The Bertz CT molecular complexity index is 283. The second-order valence-electron chi connectivity index (χ2n) is 4.03. The fourth-order valence-corrected chi connectivity index (χ4v) is 1.75. The number of nitrogens with one attached hydrogen (secondary N) is 1. The quantitative estimate of drug-likeness (QED) is 0.737. The average Bonchev–Trinajstić information content (AvgIpc) is 2.73. The third-order valence-corrected chi connectivity index (χ3v) is 2.53. The zero-order chi connectivity index (χ0) is 11.8. The van der Waals surface area contributed by atoms with Crippen LogP contribution in [0.25, 0.3) is 0 Å². The highest BCUT2D eigenvalue weighted by molar-refractivity contribution is 5.10. The van der Waals surface area contributed by atoms with Gasteiger partial charge in [-0.05, 0) is 31.5 Å². The van der Waals surface area contributed by atoms with Crippen LogP contribution >= 0.6 is 0 Å². The van der Waals surface area contributed by atoms with Gasteiger partial charge in [-0.3, -0.25) is 0 Å². The molecule has 0 aliphatic rings. The van der Waals surface area contributed by atoms with Gasteiger partial charge in [-0.25, -0.2) is 0 Å². The summed E-state index contributed by atoms with van der Waals surface area (Å²) in [4.78, 5) is 0. The molecule has 0 bridgehead atoms. The molecule has 0 amide bonds. The van der Waals surface area contributed by atoms with E-state index >= 15 is 0 Å². The highest BCUT2D eigenvalue weighted by Crippen LogP contribution is 2.21. The van der Waals surface area contributed by atoms with Crippen molar-refractivity contribution in [2.45, 2.75) is 45.8 Å². The number of hydrogen-bond donors (Lipinski definition) is 1. The Labute approximate surface area is 98.2 Å². The zero-order valence-electron chi connectivity index (χ0n) is 10.6. The highest BCUT2D eigenvalue weighted by Gasteiger charge is 2.13. The lowest BCUT2D eigenvalue weighted by Gasteiger charge is -2.15. The first-order chi connectivity index (χ1) is 7.81. The van der Waals surface area contributed by atoms with Gasteiger partial charge in [-0.2, -0.15) is 0 Å². The van der Waals surface area contributed by atoms with Crippen LogP contribution in [-0.2, 0) is 11.3 Å². The first kappa shape index (κ1) is 13.3. The summed E-state index contributed by atoms with van der Waals surface area (Å²) in [7, 11) is 1.68. The topological polar surface area (TPSA) is 34.4 Å². The lowest BCUT2D eigenvalue weighted by Crippen LogP contribution is -2.21. The minimum Gasteiger partial charge on any atom is -0.462 e. The number of rotatable bonds is 8. The summed E-state index contributed by atoms with van der Waals surface area (Å²) in [6, 6.07) is 4.39. The third-order valence-electron chi connectivity index (χ3n) is 2.53. The predicted octanol–water partition coefficient (Wildman–Crippen LogP) is 3.27. The second-order valence-corrected chi connectivity index (χ2v) is 4.03. The molecule has 1 atom stereocenters. The van der Waals surface area contributed by atoms with Gasteiger partial charge in [0.2, 0.25) is 0 Å². The van der Waals surface area contributed by atoms with Crippen LogP contribution in [0.4, 0.5) is 0 Å². The van der Waals surface area contributed by atoms with Gasteiger partial charge in [-0.1, -0.05) is 20.3 Å². The van der Waals surface area contributed by atoms with Gasteiger partial charge in [0, 0.05) is 7.11 Å². The van der Waals surface area contributed by atoms with Gasteiger partial charge in [0.1, 0.15) is 18.1 Å². The van der Waals surface area contributed by atoms with Gasteiger partial charge in [0.15, 0.2) is 0 Å². The molecule has 3 nitrogen and oxygen atoms in total. The Morgan fingerprint density at radius 2 is 2.12 bits per heavy atom. The number of methoxy groups -OCH3 is 1. The first-order valence-corrected chi connectivity index (χ1v) is 6.12. The normalized spacial score (nSPS) is 12.9.